The van der Waals surface area contributed by atoms with Crippen LogP contribution in [0.4, 0.5) is 5.13 Å². The number of thiazole rings is 1. The molecule has 0 aliphatic heterocycles. The summed E-state index contributed by atoms with van der Waals surface area (Å²) in [4.78, 5) is 30.1. The molecule has 6 nitrogen and oxygen atoms in total. The molecule has 8 heteroatoms. The predicted octanol–water partition coefficient (Wildman–Crippen LogP) is 5.12. The highest BCUT2D eigenvalue weighted by Gasteiger charge is 2.19. The molecule has 0 fully saturated rings. The van der Waals surface area contributed by atoms with Crippen molar-refractivity contribution in [2.45, 2.75) is 19.9 Å². The van der Waals surface area contributed by atoms with Gasteiger partial charge in [0.05, 0.1) is 17.1 Å². The number of aromatic nitrogens is 3. The molecule has 1 N–H and O–H groups in total. The molecule has 2 aromatic heterocycles. The number of nitrogens with one attached hydrogen (secondary N) is 1. The van der Waals surface area contributed by atoms with Crippen molar-refractivity contribution in [3.8, 4) is 11.3 Å². The number of nitrogens with zero attached hydrogens (tertiary/aromatic N) is 3. The van der Waals surface area contributed by atoms with Crippen molar-refractivity contribution in [1.29, 1.82) is 0 Å². The number of carbonyl (C=O) groups excluding carboxylic acids is 1. The second-order valence-electron chi connectivity index (χ2n) is 6.74. The van der Waals surface area contributed by atoms with Crippen molar-refractivity contribution in [1.82, 2.24) is 14.8 Å². The summed E-state index contributed by atoms with van der Waals surface area (Å²) in [6, 6.07) is 14.6. The molecule has 1 amide bonds. The van der Waals surface area contributed by atoms with E-state index in [0.29, 0.717) is 15.9 Å². The molecular formula is C21H17BrN4O2S. The molecule has 2 heterocycles. The third-order valence-corrected chi connectivity index (χ3v) is 5.63. The van der Waals surface area contributed by atoms with Gasteiger partial charge in [0.1, 0.15) is 0 Å². The molecule has 2 aromatic carbocycles. The van der Waals surface area contributed by atoms with Crippen molar-refractivity contribution >= 4 is 49.1 Å². The number of benzene rings is 2. The summed E-state index contributed by atoms with van der Waals surface area (Å²) in [7, 11) is 0. The van der Waals surface area contributed by atoms with E-state index in [1.54, 1.807) is 24.3 Å². The van der Waals surface area contributed by atoms with Gasteiger partial charge in [-0.3, -0.25) is 14.9 Å². The topological polar surface area (TPSA) is 76.9 Å². The molecule has 0 radical (unpaired) electrons. The molecule has 0 saturated heterocycles. The third kappa shape index (κ3) is 3.86. The Balaban J connectivity index is 1.70. The second-order valence-corrected chi connectivity index (χ2v) is 8.51. The Bertz CT molecular complexity index is 1280. The van der Waals surface area contributed by atoms with Gasteiger partial charge in [0.2, 0.25) is 0 Å². The van der Waals surface area contributed by atoms with E-state index in [2.05, 4.69) is 31.3 Å². The van der Waals surface area contributed by atoms with Gasteiger partial charge < -0.3 is 0 Å². The summed E-state index contributed by atoms with van der Waals surface area (Å²) >= 11 is 4.79. The van der Waals surface area contributed by atoms with E-state index in [9.17, 15) is 9.59 Å². The fourth-order valence-corrected chi connectivity index (χ4v) is 4.11. The summed E-state index contributed by atoms with van der Waals surface area (Å²) in [5, 5.41) is 10.5. The van der Waals surface area contributed by atoms with Gasteiger partial charge in [-0.2, -0.15) is 5.10 Å². The molecule has 0 spiro atoms. The van der Waals surface area contributed by atoms with Gasteiger partial charge in [0.15, 0.2) is 10.8 Å². The lowest BCUT2D eigenvalue weighted by Crippen LogP contribution is -2.28. The molecular weight excluding hydrogens is 452 g/mol. The van der Waals surface area contributed by atoms with Gasteiger partial charge in [-0.15, -0.1) is 11.3 Å². The lowest BCUT2D eigenvalue weighted by atomic mass is 10.1. The maximum absolute atomic E-state index is 13.0. The Morgan fingerprint density at radius 1 is 1.14 bits per heavy atom. The molecule has 4 aromatic rings. The number of rotatable bonds is 4. The van der Waals surface area contributed by atoms with E-state index in [0.717, 1.165) is 15.7 Å². The predicted molar refractivity (Wildman–Crippen MR) is 120 cm³/mol. The van der Waals surface area contributed by atoms with Crippen LogP contribution in [0.2, 0.25) is 0 Å². The number of anilines is 1. The Morgan fingerprint density at radius 3 is 2.62 bits per heavy atom. The van der Waals surface area contributed by atoms with Gasteiger partial charge >= 0.3 is 0 Å². The zero-order valence-corrected chi connectivity index (χ0v) is 18.1. The fraction of sp³-hybridized carbons (Fsp3) is 0.143. The van der Waals surface area contributed by atoms with Crippen LogP contribution in [0.3, 0.4) is 0 Å². The smallest absolute Gasteiger partial charge is 0.278 e. The molecule has 0 atom stereocenters. The molecule has 0 aliphatic carbocycles. The standard InChI is InChI=1S/C21H17BrN4O2S/c1-12(2)26-20(28)16-9-4-3-8-15(16)18(25-26)19(27)24-21-23-17(11-29-21)13-6-5-7-14(22)10-13/h3-12H,1-2H3,(H,23,24,27). The number of hydrogen-bond donors (Lipinski definition) is 1. The Kier molecular flexibility index (Phi) is 5.29. The first-order chi connectivity index (χ1) is 13.9. The number of carbonyl (C=O) groups is 1. The van der Waals surface area contributed by atoms with Crippen molar-refractivity contribution < 1.29 is 4.79 Å². The van der Waals surface area contributed by atoms with Crippen LogP contribution >= 0.6 is 27.3 Å². The summed E-state index contributed by atoms with van der Waals surface area (Å²) in [5.74, 6) is -0.397. The Morgan fingerprint density at radius 2 is 1.90 bits per heavy atom. The van der Waals surface area contributed by atoms with Gasteiger partial charge in [-0.25, -0.2) is 9.67 Å². The van der Waals surface area contributed by atoms with Crippen molar-refractivity contribution in [3.05, 3.63) is 74.4 Å². The molecule has 146 valence electrons. The SMILES string of the molecule is CC(C)n1nc(C(=O)Nc2nc(-c3cccc(Br)c3)cs2)c2ccccc2c1=O. The van der Waals surface area contributed by atoms with E-state index in [4.69, 9.17) is 0 Å². The monoisotopic (exact) mass is 468 g/mol. The number of hydrogen-bond acceptors (Lipinski definition) is 5. The van der Waals surface area contributed by atoms with Gasteiger partial charge in [0.25, 0.3) is 11.5 Å². The number of halogens is 1. The Hall–Kier alpha value is -2.84. The average molecular weight is 469 g/mol. The van der Waals surface area contributed by atoms with E-state index in [-0.39, 0.29) is 17.3 Å². The first-order valence-electron chi connectivity index (χ1n) is 8.98. The van der Waals surface area contributed by atoms with Crippen LogP contribution in [0, 0.1) is 0 Å². The molecule has 29 heavy (non-hydrogen) atoms. The zero-order valence-electron chi connectivity index (χ0n) is 15.7. The van der Waals surface area contributed by atoms with Gasteiger partial charge in [-0.1, -0.05) is 46.3 Å². The molecule has 0 unspecified atom stereocenters. The highest BCUT2D eigenvalue weighted by Crippen LogP contribution is 2.27. The van der Waals surface area contributed by atoms with E-state index in [1.165, 1.54) is 16.0 Å². The fourth-order valence-electron chi connectivity index (χ4n) is 2.99. The second kappa shape index (κ2) is 7.88. The zero-order chi connectivity index (χ0) is 20.5. The Labute approximate surface area is 179 Å². The minimum Gasteiger partial charge on any atom is -0.296 e. The van der Waals surface area contributed by atoms with Crippen LogP contribution < -0.4 is 10.9 Å². The summed E-state index contributed by atoms with van der Waals surface area (Å²) in [5.41, 5.74) is 1.72. The van der Waals surface area contributed by atoms with Crippen LogP contribution in [0.5, 0.6) is 0 Å². The normalized spacial score (nSPS) is 11.2. The van der Waals surface area contributed by atoms with Crippen molar-refractivity contribution in [2.24, 2.45) is 0 Å². The first kappa shape index (κ1) is 19.5. The lowest BCUT2D eigenvalue weighted by molar-refractivity contribution is 0.102. The highest BCUT2D eigenvalue weighted by molar-refractivity contribution is 9.10. The van der Waals surface area contributed by atoms with Crippen LogP contribution in [-0.2, 0) is 0 Å². The lowest BCUT2D eigenvalue weighted by Gasteiger charge is -2.12. The molecule has 0 bridgehead atoms. The largest absolute Gasteiger partial charge is 0.296 e. The average Bonchev–Trinajstić information content (AvgIpc) is 3.16. The first-order valence-corrected chi connectivity index (χ1v) is 10.7. The molecule has 4 rings (SSSR count). The van der Waals surface area contributed by atoms with Gasteiger partial charge in [-0.05, 0) is 32.0 Å². The van der Waals surface area contributed by atoms with Crippen LogP contribution in [-0.4, -0.2) is 20.7 Å². The molecule has 0 saturated carbocycles. The summed E-state index contributed by atoms with van der Waals surface area (Å²) in [6.45, 7) is 3.71. The highest BCUT2D eigenvalue weighted by atomic mass is 79.9. The van der Waals surface area contributed by atoms with Crippen molar-refractivity contribution in [2.75, 3.05) is 5.32 Å². The van der Waals surface area contributed by atoms with Crippen LogP contribution in [0.1, 0.15) is 30.4 Å². The minimum absolute atomic E-state index is 0.165. The summed E-state index contributed by atoms with van der Waals surface area (Å²) < 4.78 is 2.30. The van der Waals surface area contributed by atoms with E-state index < -0.39 is 5.91 Å². The summed E-state index contributed by atoms with van der Waals surface area (Å²) in [6.07, 6.45) is 0. The van der Waals surface area contributed by atoms with E-state index in [1.807, 2.05) is 43.5 Å². The minimum atomic E-state index is -0.397. The quantitative estimate of drug-likeness (QED) is 0.451. The number of amides is 1. The van der Waals surface area contributed by atoms with Crippen LogP contribution in [0.15, 0.2) is 63.2 Å². The van der Waals surface area contributed by atoms with Crippen molar-refractivity contribution in [3.63, 3.8) is 0 Å². The maximum Gasteiger partial charge on any atom is 0.278 e. The molecule has 0 aliphatic rings. The maximum atomic E-state index is 13.0. The number of fused-ring (bicyclic) bond motifs is 1. The third-order valence-electron chi connectivity index (χ3n) is 4.38. The van der Waals surface area contributed by atoms with Gasteiger partial charge in [0, 0.05) is 20.8 Å². The van der Waals surface area contributed by atoms with E-state index >= 15 is 0 Å². The van der Waals surface area contributed by atoms with Crippen LogP contribution in [0.25, 0.3) is 22.0 Å².